The lowest BCUT2D eigenvalue weighted by Crippen LogP contribution is -2.38. The van der Waals surface area contributed by atoms with Crippen LogP contribution < -0.4 is 11.1 Å². The second-order valence-electron chi connectivity index (χ2n) is 3.17. The van der Waals surface area contributed by atoms with E-state index in [0.717, 1.165) is 6.42 Å². The highest BCUT2D eigenvalue weighted by Crippen LogP contribution is 2.18. The monoisotopic (exact) mass is 202 g/mol. The van der Waals surface area contributed by atoms with E-state index in [4.69, 9.17) is 15.6 Å². The zero-order valence-corrected chi connectivity index (χ0v) is 7.73. The molecule has 0 aromatic carbocycles. The summed E-state index contributed by atoms with van der Waals surface area (Å²) in [5.74, 6) is -1.44. The first-order valence-corrected chi connectivity index (χ1v) is 4.48. The summed E-state index contributed by atoms with van der Waals surface area (Å²) < 4.78 is 5.27. The van der Waals surface area contributed by atoms with E-state index in [0.29, 0.717) is 13.0 Å². The van der Waals surface area contributed by atoms with Crippen molar-refractivity contribution in [2.24, 2.45) is 5.73 Å². The number of carboxylic acid groups (broad SMARTS) is 1. The molecular weight excluding hydrogens is 188 g/mol. The standard InChI is InChI=1S/C8H14N2O4/c9-3-5-1-2-6(14-5)8(13)10-4-7(11)12/h5-6H,1-4,9H2,(H,10,13)(H,11,12). The number of carbonyl (C=O) groups is 2. The van der Waals surface area contributed by atoms with Crippen LogP contribution in [0.25, 0.3) is 0 Å². The van der Waals surface area contributed by atoms with Gasteiger partial charge < -0.3 is 20.9 Å². The van der Waals surface area contributed by atoms with Gasteiger partial charge in [0, 0.05) is 6.54 Å². The Kier molecular flexibility index (Phi) is 3.84. The number of aliphatic carboxylic acids is 1. The summed E-state index contributed by atoms with van der Waals surface area (Å²) in [5, 5.41) is 10.6. The zero-order chi connectivity index (χ0) is 10.6. The normalized spacial score (nSPS) is 26.1. The van der Waals surface area contributed by atoms with Gasteiger partial charge in [0.25, 0.3) is 0 Å². The predicted octanol–water partition coefficient (Wildman–Crippen LogP) is -1.31. The van der Waals surface area contributed by atoms with Crippen molar-refractivity contribution in [3.63, 3.8) is 0 Å². The first-order chi connectivity index (χ1) is 6.63. The molecule has 1 aliphatic rings. The van der Waals surface area contributed by atoms with Crippen LogP contribution in [0.3, 0.4) is 0 Å². The number of rotatable bonds is 4. The molecule has 0 spiro atoms. The Hall–Kier alpha value is -1.14. The van der Waals surface area contributed by atoms with E-state index in [9.17, 15) is 9.59 Å². The third kappa shape index (κ3) is 2.97. The van der Waals surface area contributed by atoms with Gasteiger partial charge in [-0.05, 0) is 12.8 Å². The van der Waals surface area contributed by atoms with Crippen molar-refractivity contribution >= 4 is 11.9 Å². The van der Waals surface area contributed by atoms with Gasteiger partial charge in [0.2, 0.25) is 5.91 Å². The van der Waals surface area contributed by atoms with E-state index in [1.165, 1.54) is 0 Å². The lowest BCUT2D eigenvalue weighted by molar-refractivity contribution is -0.140. The van der Waals surface area contributed by atoms with E-state index in [1.807, 2.05) is 0 Å². The number of hydrogen-bond acceptors (Lipinski definition) is 4. The van der Waals surface area contributed by atoms with Crippen molar-refractivity contribution in [2.75, 3.05) is 13.1 Å². The zero-order valence-electron chi connectivity index (χ0n) is 7.73. The summed E-state index contributed by atoms with van der Waals surface area (Å²) in [5.41, 5.74) is 5.37. The number of nitrogens with one attached hydrogen (secondary N) is 1. The molecule has 6 heteroatoms. The molecule has 1 saturated heterocycles. The SMILES string of the molecule is NCC1CCC(C(=O)NCC(=O)O)O1. The quantitative estimate of drug-likeness (QED) is 0.525. The molecule has 1 fully saturated rings. The second-order valence-corrected chi connectivity index (χ2v) is 3.17. The van der Waals surface area contributed by atoms with Crippen LogP contribution in [0.5, 0.6) is 0 Å². The van der Waals surface area contributed by atoms with E-state index in [1.54, 1.807) is 0 Å². The van der Waals surface area contributed by atoms with Gasteiger partial charge >= 0.3 is 5.97 Å². The van der Waals surface area contributed by atoms with Crippen molar-refractivity contribution < 1.29 is 19.4 Å². The molecule has 0 aliphatic carbocycles. The molecule has 0 bridgehead atoms. The van der Waals surface area contributed by atoms with Crippen molar-refractivity contribution in [3.05, 3.63) is 0 Å². The molecule has 1 aliphatic heterocycles. The van der Waals surface area contributed by atoms with Crippen LogP contribution in [-0.2, 0) is 14.3 Å². The highest BCUT2D eigenvalue weighted by atomic mass is 16.5. The van der Waals surface area contributed by atoms with Crippen molar-refractivity contribution in [3.8, 4) is 0 Å². The molecule has 0 aromatic rings. The maximum absolute atomic E-state index is 11.3. The molecule has 1 rings (SSSR count). The summed E-state index contributed by atoms with van der Waals surface area (Å²) >= 11 is 0. The number of nitrogens with two attached hydrogens (primary N) is 1. The molecule has 1 heterocycles. The minimum Gasteiger partial charge on any atom is -0.480 e. The Labute approximate surface area is 81.4 Å². The summed E-state index contributed by atoms with van der Waals surface area (Å²) in [4.78, 5) is 21.4. The van der Waals surface area contributed by atoms with Gasteiger partial charge in [-0.1, -0.05) is 0 Å². The molecule has 2 unspecified atom stereocenters. The molecule has 0 radical (unpaired) electrons. The van der Waals surface area contributed by atoms with Gasteiger partial charge in [0.1, 0.15) is 12.6 Å². The summed E-state index contributed by atoms with van der Waals surface area (Å²) in [6.07, 6.45) is 0.744. The summed E-state index contributed by atoms with van der Waals surface area (Å²) in [6.45, 7) is 0.0225. The Bertz CT molecular complexity index is 231. The molecule has 4 N–H and O–H groups in total. The van der Waals surface area contributed by atoms with Crippen molar-refractivity contribution in [2.45, 2.75) is 25.0 Å². The molecule has 14 heavy (non-hydrogen) atoms. The van der Waals surface area contributed by atoms with Crippen LogP contribution >= 0.6 is 0 Å². The van der Waals surface area contributed by atoms with E-state index in [-0.39, 0.29) is 18.6 Å². The topological polar surface area (TPSA) is 102 Å². The number of carbonyl (C=O) groups excluding carboxylic acids is 1. The van der Waals surface area contributed by atoms with E-state index >= 15 is 0 Å². The minimum absolute atomic E-state index is 0.0735. The van der Waals surface area contributed by atoms with Gasteiger partial charge in [0.15, 0.2) is 0 Å². The predicted molar refractivity (Wildman–Crippen MR) is 47.6 cm³/mol. The van der Waals surface area contributed by atoms with Crippen molar-refractivity contribution in [1.82, 2.24) is 5.32 Å². The fourth-order valence-corrected chi connectivity index (χ4v) is 1.35. The van der Waals surface area contributed by atoms with Gasteiger partial charge in [-0.25, -0.2) is 0 Å². The Morgan fingerprint density at radius 2 is 2.21 bits per heavy atom. The molecule has 2 atom stereocenters. The highest BCUT2D eigenvalue weighted by molar-refractivity contribution is 5.84. The Morgan fingerprint density at radius 3 is 2.71 bits per heavy atom. The first-order valence-electron chi connectivity index (χ1n) is 4.48. The molecule has 0 aromatic heterocycles. The van der Waals surface area contributed by atoms with Crippen LogP contribution in [0.15, 0.2) is 0 Å². The largest absolute Gasteiger partial charge is 0.480 e. The van der Waals surface area contributed by atoms with Gasteiger partial charge in [-0.2, -0.15) is 0 Å². The van der Waals surface area contributed by atoms with Crippen LogP contribution in [0, 0.1) is 0 Å². The van der Waals surface area contributed by atoms with Gasteiger partial charge in [-0.15, -0.1) is 0 Å². The molecule has 6 nitrogen and oxygen atoms in total. The van der Waals surface area contributed by atoms with E-state index in [2.05, 4.69) is 5.32 Å². The number of hydrogen-bond donors (Lipinski definition) is 3. The maximum Gasteiger partial charge on any atom is 0.322 e. The minimum atomic E-state index is -1.06. The van der Waals surface area contributed by atoms with Gasteiger partial charge in [-0.3, -0.25) is 9.59 Å². The Balaban J connectivity index is 2.28. The number of ether oxygens (including phenoxy) is 1. The molecular formula is C8H14N2O4. The van der Waals surface area contributed by atoms with Crippen LogP contribution in [-0.4, -0.2) is 42.3 Å². The maximum atomic E-state index is 11.3. The van der Waals surface area contributed by atoms with Crippen molar-refractivity contribution in [1.29, 1.82) is 0 Å². The number of carboxylic acids is 1. The lowest BCUT2D eigenvalue weighted by Gasteiger charge is -2.11. The molecule has 1 amide bonds. The fourth-order valence-electron chi connectivity index (χ4n) is 1.35. The van der Waals surface area contributed by atoms with Crippen LogP contribution in [0.2, 0.25) is 0 Å². The van der Waals surface area contributed by atoms with Crippen LogP contribution in [0.1, 0.15) is 12.8 Å². The smallest absolute Gasteiger partial charge is 0.322 e. The average molecular weight is 202 g/mol. The Morgan fingerprint density at radius 1 is 1.50 bits per heavy atom. The lowest BCUT2D eigenvalue weighted by atomic mass is 10.2. The summed E-state index contributed by atoms with van der Waals surface area (Å²) in [7, 11) is 0. The third-order valence-electron chi connectivity index (χ3n) is 2.08. The molecule has 0 saturated carbocycles. The number of amides is 1. The summed E-state index contributed by atoms with van der Waals surface area (Å²) in [6, 6.07) is 0. The second kappa shape index (κ2) is 4.92. The van der Waals surface area contributed by atoms with Gasteiger partial charge in [0.05, 0.1) is 6.10 Å². The molecule has 80 valence electrons. The van der Waals surface area contributed by atoms with Crippen LogP contribution in [0.4, 0.5) is 0 Å². The third-order valence-corrected chi connectivity index (χ3v) is 2.08. The highest BCUT2D eigenvalue weighted by Gasteiger charge is 2.29. The average Bonchev–Trinajstić information content (AvgIpc) is 2.62. The van der Waals surface area contributed by atoms with E-state index < -0.39 is 12.1 Å². The first kappa shape index (κ1) is 10.9. The fraction of sp³-hybridized carbons (Fsp3) is 0.750.